The molecule has 0 amide bonds. The van der Waals surface area contributed by atoms with Crippen molar-refractivity contribution in [3.05, 3.63) is 100 Å². The van der Waals surface area contributed by atoms with Crippen molar-refractivity contribution in [3.8, 4) is 5.75 Å². The van der Waals surface area contributed by atoms with E-state index >= 15 is 0 Å². The number of benzene rings is 2. The van der Waals surface area contributed by atoms with Crippen molar-refractivity contribution >= 4 is 5.97 Å². The van der Waals surface area contributed by atoms with Crippen molar-refractivity contribution in [1.29, 1.82) is 0 Å². The van der Waals surface area contributed by atoms with Gasteiger partial charge in [0.1, 0.15) is 24.5 Å². The van der Waals surface area contributed by atoms with Gasteiger partial charge in [0.2, 0.25) is 11.2 Å². The van der Waals surface area contributed by atoms with Crippen LogP contribution < -0.4 is 10.2 Å². The predicted molar refractivity (Wildman–Crippen MR) is 114 cm³/mol. The molecule has 3 aromatic rings. The van der Waals surface area contributed by atoms with Gasteiger partial charge in [-0.3, -0.25) is 9.59 Å². The lowest BCUT2D eigenvalue weighted by Gasteiger charge is -2.17. The Labute approximate surface area is 176 Å². The molecule has 1 aromatic heterocycles. The highest BCUT2D eigenvalue weighted by molar-refractivity contribution is 5.82. The number of rotatable bonds is 9. The number of esters is 1. The molecule has 3 rings (SSSR count). The fraction of sp³-hybridized carbons (Fsp3) is 0.280. The van der Waals surface area contributed by atoms with Gasteiger partial charge in [-0.05, 0) is 23.5 Å². The van der Waals surface area contributed by atoms with Crippen LogP contribution in [-0.2, 0) is 16.1 Å². The van der Waals surface area contributed by atoms with Crippen LogP contribution >= 0.6 is 0 Å². The van der Waals surface area contributed by atoms with Gasteiger partial charge in [0.15, 0.2) is 0 Å². The number of carbonyl (C=O) groups is 1. The van der Waals surface area contributed by atoms with Gasteiger partial charge < -0.3 is 13.9 Å². The maximum Gasteiger partial charge on any atom is 0.318 e. The van der Waals surface area contributed by atoms with Crippen molar-refractivity contribution in [2.24, 2.45) is 5.92 Å². The Balaban J connectivity index is 1.68. The van der Waals surface area contributed by atoms with Crippen molar-refractivity contribution in [2.75, 3.05) is 6.61 Å². The molecule has 5 nitrogen and oxygen atoms in total. The Morgan fingerprint density at radius 3 is 2.10 bits per heavy atom. The first-order valence-corrected chi connectivity index (χ1v) is 10.1. The van der Waals surface area contributed by atoms with Crippen LogP contribution in [0.25, 0.3) is 0 Å². The van der Waals surface area contributed by atoms with Gasteiger partial charge in [0, 0.05) is 6.07 Å². The zero-order valence-corrected chi connectivity index (χ0v) is 17.2. The molecule has 0 radical (unpaired) electrons. The van der Waals surface area contributed by atoms with Gasteiger partial charge in [0.05, 0.1) is 6.61 Å². The molecule has 0 aliphatic carbocycles. The highest BCUT2D eigenvalue weighted by Gasteiger charge is 2.24. The van der Waals surface area contributed by atoms with Crippen LogP contribution in [0, 0.1) is 5.92 Å². The Hall–Kier alpha value is -3.34. The molecule has 30 heavy (non-hydrogen) atoms. The first kappa shape index (κ1) is 21.4. The normalized spacial score (nSPS) is 10.9. The lowest BCUT2D eigenvalue weighted by atomic mass is 9.91. The average molecular weight is 406 g/mol. The highest BCUT2D eigenvalue weighted by atomic mass is 16.5. The molecule has 0 atom stereocenters. The van der Waals surface area contributed by atoms with E-state index in [1.54, 1.807) is 0 Å². The third-order valence-corrected chi connectivity index (χ3v) is 4.66. The molecular formula is C25H26O5. The molecule has 0 bridgehead atoms. The van der Waals surface area contributed by atoms with Crippen molar-refractivity contribution < 1.29 is 18.7 Å². The monoisotopic (exact) mass is 406 g/mol. The maximum absolute atomic E-state index is 12.9. The standard InChI is InChI=1S/C25H26O5/c1-18(2)13-14-28-23-17-29-21(15-22(23)26)16-30-25(27)24(19-9-5-3-6-10-19)20-11-7-4-8-12-20/h3-12,15,17-18,24H,13-14,16H2,1-2H3. The fourth-order valence-electron chi connectivity index (χ4n) is 3.01. The largest absolute Gasteiger partial charge is 0.487 e. The minimum Gasteiger partial charge on any atom is -0.487 e. The van der Waals surface area contributed by atoms with Crippen LogP contribution in [0.1, 0.15) is 43.1 Å². The Morgan fingerprint density at radius 2 is 1.57 bits per heavy atom. The van der Waals surface area contributed by atoms with Crippen LogP contribution in [0.5, 0.6) is 5.75 Å². The van der Waals surface area contributed by atoms with Crippen LogP contribution in [0.3, 0.4) is 0 Å². The van der Waals surface area contributed by atoms with E-state index in [0.29, 0.717) is 12.5 Å². The maximum atomic E-state index is 12.9. The molecule has 0 fully saturated rings. The minimum atomic E-state index is -0.558. The fourth-order valence-corrected chi connectivity index (χ4v) is 3.01. The van der Waals surface area contributed by atoms with Gasteiger partial charge in [-0.2, -0.15) is 0 Å². The topological polar surface area (TPSA) is 65.7 Å². The summed E-state index contributed by atoms with van der Waals surface area (Å²) < 4.78 is 16.4. The number of ether oxygens (including phenoxy) is 2. The van der Waals surface area contributed by atoms with Crippen LogP contribution in [-0.4, -0.2) is 12.6 Å². The predicted octanol–water partition coefficient (Wildman–Crippen LogP) is 4.94. The summed E-state index contributed by atoms with van der Waals surface area (Å²) in [5.74, 6) is -0.0513. The Kier molecular flexibility index (Phi) is 7.44. The first-order valence-electron chi connectivity index (χ1n) is 10.1. The van der Waals surface area contributed by atoms with Crippen molar-refractivity contribution in [3.63, 3.8) is 0 Å². The van der Waals surface area contributed by atoms with Gasteiger partial charge in [-0.15, -0.1) is 0 Å². The van der Waals surface area contributed by atoms with Crippen LogP contribution in [0.4, 0.5) is 0 Å². The van der Waals surface area contributed by atoms with E-state index in [2.05, 4.69) is 13.8 Å². The summed E-state index contributed by atoms with van der Waals surface area (Å²) in [6.45, 7) is 4.49. The van der Waals surface area contributed by atoms with E-state index in [-0.39, 0.29) is 23.5 Å². The summed E-state index contributed by atoms with van der Waals surface area (Å²) in [6.07, 6.45) is 2.12. The first-order chi connectivity index (χ1) is 14.5. The summed E-state index contributed by atoms with van der Waals surface area (Å²) >= 11 is 0. The van der Waals surface area contributed by atoms with Gasteiger partial charge in [0.25, 0.3) is 0 Å². The van der Waals surface area contributed by atoms with E-state index in [9.17, 15) is 9.59 Å². The molecule has 0 N–H and O–H groups in total. The SMILES string of the molecule is CC(C)CCOc1coc(COC(=O)C(c2ccccc2)c2ccccc2)cc1=O. The molecule has 0 spiro atoms. The molecule has 5 heteroatoms. The lowest BCUT2D eigenvalue weighted by molar-refractivity contribution is -0.146. The molecule has 0 aliphatic rings. The van der Waals surface area contributed by atoms with E-state index < -0.39 is 11.9 Å². The summed E-state index contributed by atoms with van der Waals surface area (Å²) in [5.41, 5.74) is 1.38. The average Bonchev–Trinajstić information content (AvgIpc) is 2.75. The van der Waals surface area contributed by atoms with E-state index in [1.807, 2.05) is 60.7 Å². The molecule has 156 valence electrons. The molecule has 1 heterocycles. The van der Waals surface area contributed by atoms with Gasteiger partial charge in [-0.1, -0.05) is 74.5 Å². The molecule has 0 saturated carbocycles. The number of hydrogen-bond acceptors (Lipinski definition) is 5. The summed E-state index contributed by atoms with van der Waals surface area (Å²) in [7, 11) is 0. The zero-order valence-electron chi connectivity index (χ0n) is 17.2. The van der Waals surface area contributed by atoms with Crippen LogP contribution in [0.2, 0.25) is 0 Å². The van der Waals surface area contributed by atoms with E-state index in [4.69, 9.17) is 13.9 Å². The summed E-state index contributed by atoms with van der Waals surface area (Å²) in [4.78, 5) is 25.1. The lowest BCUT2D eigenvalue weighted by Crippen LogP contribution is -2.18. The number of hydrogen-bond donors (Lipinski definition) is 0. The third-order valence-electron chi connectivity index (χ3n) is 4.66. The third kappa shape index (κ3) is 5.83. The smallest absolute Gasteiger partial charge is 0.318 e. The molecule has 0 saturated heterocycles. The Bertz CT molecular complexity index is 953. The van der Waals surface area contributed by atoms with Gasteiger partial charge in [-0.25, -0.2) is 0 Å². The second-order valence-corrected chi connectivity index (χ2v) is 7.47. The summed E-state index contributed by atoms with van der Waals surface area (Å²) in [6, 6.07) is 20.2. The zero-order chi connectivity index (χ0) is 21.3. The molecule has 0 unspecified atom stereocenters. The number of carbonyl (C=O) groups excluding carboxylic acids is 1. The highest BCUT2D eigenvalue weighted by Crippen LogP contribution is 2.26. The molecule has 2 aromatic carbocycles. The Morgan fingerprint density at radius 1 is 0.967 bits per heavy atom. The quantitative estimate of drug-likeness (QED) is 0.471. The second kappa shape index (κ2) is 10.4. The van der Waals surface area contributed by atoms with Crippen molar-refractivity contribution in [2.45, 2.75) is 32.8 Å². The molecule has 0 aliphatic heterocycles. The second-order valence-electron chi connectivity index (χ2n) is 7.47. The minimum absolute atomic E-state index is 0.128. The van der Waals surface area contributed by atoms with E-state index in [1.165, 1.54) is 12.3 Å². The van der Waals surface area contributed by atoms with Crippen LogP contribution in [0.15, 0.2) is 82.2 Å². The van der Waals surface area contributed by atoms with E-state index in [0.717, 1.165) is 17.5 Å². The molecular weight excluding hydrogens is 380 g/mol. The van der Waals surface area contributed by atoms with Crippen molar-refractivity contribution in [1.82, 2.24) is 0 Å². The summed E-state index contributed by atoms with van der Waals surface area (Å²) in [5, 5.41) is 0. The van der Waals surface area contributed by atoms with Gasteiger partial charge >= 0.3 is 5.97 Å².